The Bertz CT molecular complexity index is 190. The lowest BCUT2D eigenvalue weighted by Gasteiger charge is -1.87. The fraction of sp³-hybridized carbons (Fsp3) is 0.143. The van der Waals surface area contributed by atoms with Crippen molar-refractivity contribution >= 4 is 46.4 Å². The molecule has 1 rings (SSSR count). The van der Waals surface area contributed by atoms with Crippen molar-refractivity contribution in [2.24, 2.45) is 0 Å². The highest BCUT2D eigenvalue weighted by atomic mass is 35.6. The van der Waals surface area contributed by atoms with Gasteiger partial charge in [-0.05, 0) is 24.3 Å². The quantitative estimate of drug-likeness (QED) is 0.470. The zero-order chi connectivity index (χ0) is 9.56. The molecule has 0 aromatic rings. The van der Waals surface area contributed by atoms with Crippen LogP contribution in [0.3, 0.4) is 0 Å². The fourth-order valence-corrected chi connectivity index (χ4v) is 0.440. The number of carbonyl (C=O) groups is 2. The van der Waals surface area contributed by atoms with Gasteiger partial charge in [0.2, 0.25) is 0 Å². The summed E-state index contributed by atoms with van der Waals surface area (Å²) in [5, 5.41) is 0. The van der Waals surface area contributed by atoms with Crippen LogP contribution in [0.5, 0.6) is 0 Å². The Kier molecular flexibility index (Phi) is 6.07. The summed E-state index contributed by atoms with van der Waals surface area (Å²) in [5.41, 5.74) is 0. The van der Waals surface area contributed by atoms with Crippen molar-refractivity contribution in [1.82, 2.24) is 0 Å². The summed E-state index contributed by atoms with van der Waals surface area (Å²) >= 11 is 14.4. The molecule has 2 nitrogen and oxygen atoms in total. The highest BCUT2D eigenvalue weighted by Gasteiger charge is 1.97. The number of carbonyl (C=O) groups excluding carboxylic acids is 2. The van der Waals surface area contributed by atoms with Gasteiger partial charge in [0.05, 0.1) is 0 Å². The minimum absolute atomic E-state index is 0.121. The molecule has 0 unspecified atom stereocenters. The monoisotopic (exact) mass is 226 g/mol. The van der Waals surface area contributed by atoms with E-state index >= 15 is 0 Å². The Morgan fingerprint density at radius 1 is 0.833 bits per heavy atom. The van der Waals surface area contributed by atoms with Gasteiger partial charge in [0, 0.05) is 0 Å². The molecule has 0 saturated heterocycles. The number of rotatable bonds is 0. The summed E-state index contributed by atoms with van der Waals surface area (Å²) in [7, 11) is 0. The Morgan fingerprint density at radius 3 is 1.17 bits per heavy atom. The summed E-state index contributed by atoms with van der Waals surface area (Å²) in [4.78, 5) is 20.6. The molecule has 66 valence electrons. The molecule has 0 aromatic carbocycles. The molecule has 12 heavy (non-hydrogen) atoms. The van der Waals surface area contributed by atoms with Crippen LogP contribution in [0, 0.1) is 0 Å². The van der Waals surface area contributed by atoms with Crippen LogP contribution in [-0.4, -0.2) is 15.9 Å². The molecule has 0 radical (unpaired) electrons. The first-order valence-corrected chi connectivity index (χ1v) is 4.19. The molecule has 0 aliphatic heterocycles. The maximum atomic E-state index is 10.3. The van der Waals surface area contributed by atoms with E-state index in [9.17, 15) is 9.59 Å². The van der Waals surface area contributed by atoms with Gasteiger partial charge in [-0.25, -0.2) is 0 Å². The standard InChI is InChI=1S/C6H4O2.CHCl3/c7-5-1-2-6(8)4-3-5;2-1(3)4/h1-4H;1H. The minimum Gasteiger partial charge on any atom is -0.290 e. The van der Waals surface area contributed by atoms with Gasteiger partial charge in [-0.15, -0.1) is 0 Å². The topological polar surface area (TPSA) is 34.1 Å². The van der Waals surface area contributed by atoms with E-state index in [1.165, 1.54) is 24.3 Å². The second-order valence-corrected chi connectivity index (χ2v) is 3.70. The van der Waals surface area contributed by atoms with Crippen LogP contribution in [-0.2, 0) is 9.59 Å². The predicted octanol–water partition coefficient (Wildman–Crippen LogP) is 2.24. The van der Waals surface area contributed by atoms with E-state index in [-0.39, 0.29) is 11.6 Å². The lowest BCUT2D eigenvalue weighted by atomic mass is 10.2. The van der Waals surface area contributed by atoms with Crippen LogP contribution in [0.15, 0.2) is 24.3 Å². The van der Waals surface area contributed by atoms with Crippen LogP contribution >= 0.6 is 34.8 Å². The van der Waals surface area contributed by atoms with Crippen LogP contribution < -0.4 is 0 Å². The highest BCUT2D eigenvalue weighted by Crippen LogP contribution is 2.03. The first-order chi connectivity index (χ1) is 5.52. The number of ketones is 2. The van der Waals surface area contributed by atoms with Crippen LogP contribution in [0.25, 0.3) is 0 Å². The van der Waals surface area contributed by atoms with Crippen molar-refractivity contribution in [3.63, 3.8) is 0 Å². The van der Waals surface area contributed by atoms with Crippen molar-refractivity contribution in [1.29, 1.82) is 0 Å². The number of halogens is 3. The smallest absolute Gasteiger partial charge is 0.180 e. The van der Waals surface area contributed by atoms with Crippen LogP contribution in [0.4, 0.5) is 0 Å². The largest absolute Gasteiger partial charge is 0.290 e. The summed E-state index contributed by atoms with van der Waals surface area (Å²) < 4.78 is -0.750. The molecular weight excluding hydrogens is 222 g/mol. The van der Waals surface area contributed by atoms with E-state index in [2.05, 4.69) is 0 Å². The summed E-state index contributed by atoms with van der Waals surface area (Å²) in [5.74, 6) is -0.241. The van der Waals surface area contributed by atoms with E-state index in [4.69, 9.17) is 34.8 Å². The Morgan fingerprint density at radius 2 is 1.00 bits per heavy atom. The van der Waals surface area contributed by atoms with Gasteiger partial charge in [-0.2, -0.15) is 0 Å². The number of alkyl halides is 3. The Balaban J connectivity index is 0.000000261. The molecular formula is C7H5Cl3O2. The predicted molar refractivity (Wildman–Crippen MR) is 49.6 cm³/mol. The molecule has 0 fully saturated rings. The number of hydrogen-bond acceptors (Lipinski definition) is 2. The molecule has 1 aliphatic carbocycles. The normalized spacial score (nSPS) is 14.7. The SMILES string of the molecule is ClC(Cl)Cl.O=C1C=CC(=O)C=C1. The van der Waals surface area contributed by atoms with Crippen molar-refractivity contribution in [3.8, 4) is 0 Å². The first-order valence-electron chi connectivity index (χ1n) is 2.88. The molecule has 0 spiro atoms. The summed E-state index contributed by atoms with van der Waals surface area (Å²) in [6.07, 6.45) is 5.01. The first kappa shape index (κ1) is 11.7. The van der Waals surface area contributed by atoms with Gasteiger partial charge in [0.25, 0.3) is 0 Å². The zero-order valence-corrected chi connectivity index (χ0v) is 8.10. The maximum Gasteiger partial charge on any atom is 0.180 e. The summed E-state index contributed by atoms with van der Waals surface area (Å²) in [6.45, 7) is 0. The molecule has 0 N–H and O–H groups in total. The number of hydrogen-bond donors (Lipinski definition) is 0. The minimum atomic E-state index is -0.750. The lowest BCUT2D eigenvalue weighted by molar-refractivity contribution is -0.113. The lowest BCUT2D eigenvalue weighted by Crippen LogP contribution is -1.97. The van der Waals surface area contributed by atoms with Gasteiger partial charge >= 0.3 is 0 Å². The van der Waals surface area contributed by atoms with E-state index in [1.54, 1.807) is 0 Å². The van der Waals surface area contributed by atoms with Gasteiger partial charge in [0.15, 0.2) is 15.9 Å². The molecule has 0 bridgehead atoms. The molecule has 5 heteroatoms. The third kappa shape index (κ3) is 7.79. The van der Waals surface area contributed by atoms with E-state index in [0.29, 0.717) is 0 Å². The second-order valence-electron chi connectivity index (χ2n) is 1.72. The van der Waals surface area contributed by atoms with Crippen molar-refractivity contribution in [3.05, 3.63) is 24.3 Å². The second kappa shape index (κ2) is 6.23. The molecule has 1 aliphatic rings. The zero-order valence-electron chi connectivity index (χ0n) is 5.84. The van der Waals surface area contributed by atoms with Crippen molar-refractivity contribution < 1.29 is 9.59 Å². The maximum absolute atomic E-state index is 10.3. The molecule has 0 saturated carbocycles. The van der Waals surface area contributed by atoms with Gasteiger partial charge in [-0.1, -0.05) is 34.8 Å². The highest BCUT2D eigenvalue weighted by molar-refractivity contribution is 6.63. The molecule has 0 heterocycles. The Labute approximate surface area is 84.8 Å². The van der Waals surface area contributed by atoms with Gasteiger partial charge in [-0.3, -0.25) is 9.59 Å². The average Bonchev–Trinajstić information content (AvgIpc) is 1.94. The van der Waals surface area contributed by atoms with Crippen molar-refractivity contribution in [2.75, 3.05) is 0 Å². The van der Waals surface area contributed by atoms with E-state index in [1.807, 2.05) is 0 Å². The van der Waals surface area contributed by atoms with E-state index in [0.717, 1.165) is 0 Å². The van der Waals surface area contributed by atoms with Gasteiger partial charge in [0.1, 0.15) is 0 Å². The van der Waals surface area contributed by atoms with Crippen molar-refractivity contribution in [2.45, 2.75) is 4.30 Å². The number of allylic oxidation sites excluding steroid dienone is 4. The average molecular weight is 227 g/mol. The van der Waals surface area contributed by atoms with Gasteiger partial charge < -0.3 is 0 Å². The summed E-state index contributed by atoms with van der Waals surface area (Å²) in [6, 6.07) is 0. The molecule has 0 amide bonds. The van der Waals surface area contributed by atoms with E-state index < -0.39 is 4.30 Å². The van der Waals surface area contributed by atoms with Crippen LogP contribution in [0.2, 0.25) is 0 Å². The van der Waals surface area contributed by atoms with Crippen LogP contribution in [0.1, 0.15) is 0 Å². The third-order valence-electron chi connectivity index (χ3n) is 0.824. The Hall–Kier alpha value is -0.310. The third-order valence-corrected chi connectivity index (χ3v) is 0.824. The fourth-order valence-electron chi connectivity index (χ4n) is 0.440. The molecule has 0 atom stereocenters. The molecule has 0 aromatic heterocycles.